The molecule has 1 aliphatic carbocycles. The lowest BCUT2D eigenvalue weighted by Crippen LogP contribution is -2.38. The molecule has 0 radical (unpaired) electrons. The second kappa shape index (κ2) is 7.78. The molecule has 2 amide bonds. The first-order valence-corrected chi connectivity index (χ1v) is 10.2. The lowest BCUT2D eigenvalue weighted by molar-refractivity contribution is -0.128. The molecule has 1 saturated heterocycles. The number of likely N-dealkylation sites (tertiary alicyclic amines) is 1. The number of hydrogen-bond donors (Lipinski definition) is 1. The molecule has 0 bridgehead atoms. The number of amides is 2. The first-order valence-electron chi connectivity index (χ1n) is 10.2. The van der Waals surface area contributed by atoms with Gasteiger partial charge in [-0.2, -0.15) is 0 Å². The molecule has 1 heterocycles. The van der Waals surface area contributed by atoms with Crippen molar-refractivity contribution in [3.8, 4) is 0 Å². The molecular weight excluding hydrogens is 348 g/mol. The topological polar surface area (TPSA) is 49.4 Å². The lowest BCUT2D eigenvalue weighted by Gasteiger charge is -2.17. The van der Waals surface area contributed by atoms with Gasteiger partial charge in [0.25, 0.3) is 0 Å². The zero-order valence-corrected chi connectivity index (χ0v) is 16.7. The molecule has 3 unspecified atom stereocenters. The van der Waals surface area contributed by atoms with Gasteiger partial charge in [-0.1, -0.05) is 54.1 Å². The van der Waals surface area contributed by atoms with Crippen LogP contribution in [0.4, 0.5) is 0 Å². The Morgan fingerprint density at radius 1 is 1.14 bits per heavy atom. The fraction of sp³-hybridized carbons (Fsp3) is 0.417. The third kappa shape index (κ3) is 4.11. The monoisotopic (exact) mass is 376 g/mol. The Labute approximate surface area is 166 Å². The van der Waals surface area contributed by atoms with Gasteiger partial charge < -0.3 is 10.2 Å². The van der Waals surface area contributed by atoms with E-state index in [1.165, 1.54) is 22.3 Å². The standard InChI is InChI=1S/C24H28N2O2/c1-16-8-9-18(17(2)12-16)10-11-23(27)25-20-13-24(28)26(15-20)22-14-21(22)19-6-4-3-5-7-19/h3-9,12,20-22H,10-11,13-15H2,1-2H3,(H,25,27). The summed E-state index contributed by atoms with van der Waals surface area (Å²) in [5.41, 5.74) is 5.00. The minimum absolute atomic E-state index is 0.0371. The zero-order chi connectivity index (χ0) is 19.7. The van der Waals surface area contributed by atoms with E-state index in [-0.39, 0.29) is 17.9 Å². The van der Waals surface area contributed by atoms with Crippen molar-refractivity contribution in [1.82, 2.24) is 10.2 Å². The van der Waals surface area contributed by atoms with E-state index in [1.807, 2.05) is 11.0 Å². The van der Waals surface area contributed by atoms with Gasteiger partial charge in [0.2, 0.25) is 11.8 Å². The second-order valence-corrected chi connectivity index (χ2v) is 8.26. The second-order valence-electron chi connectivity index (χ2n) is 8.26. The van der Waals surface area contributed by atoms with E-state index >= 15 is 0 Å². The largest absolute Gasteiger partial charge is 0.351 e. The first kappa shape index (κ1) is 18.7. The van der Waals surface area contributed by atoms with Crippen LogP contribution in [0.3, 0.4) is 0 Å². The molecule has 4 heteroatoms. The maximum atomic E-state index is 12.5. The highest BCUT2D eigenvalue weighted by atomic mass is 16.2. The molecule has 1 aliphatic heterocycles. The van der Waals surface area contributed by atoms with Gasteiger partial charge in [-0.25, -0.2) is 0 Å². The molecule has 1 saturated carbocycles. The number of nitrogens with one attached hydrogen (secondary N) is 1. The highest BCUT2D eigenvalue weighted by Gasteiger charge is 2.47. The lowest BCUT2D eigenvalue weighted by atomic mass is 10.0. The van der Waals surface area contributed by atoms with Crippen LogP contribution in [0.5, 0.6) is 0 Å². The molecule has 2 aromatic carbocycles. The van der Waals surface area contributed by atoms with E-state index in [2.05, 4.69) is 61.6 Å². The van der Waals surface area contributed by atoms with Crippen LogP contribution < -0.4 is 5.32 Å². The van der Waals surface area contributed by atoms with Crippen LogP contribution in [-0.2, 0) is 16.0 Å². The Hall–Kier alpha value is -2.62. The first-order chi connectivity index (χ1) is 13.5. The van der Waals surface area contributed by atoms with Crippen LogP contribution in [-0.4, -0.2) is 35.3 Å². The molecule has 4 rings (SSSR count). The van der Waals surface area contributed by atoms with E-state index in [4.69, 9.17) is 0 Å². The number of hydrogen-bond acceptors (Lipinski definition) is 2. The van der Waals surface area contributed by atoms with Crippen molar-refractivity contribution in [1.29, 1.82) is 0 Å². The van der Waals surface area contributed by atoms with E-state index in [0.29, 0.717) is 31.3 Å². The number of rotatable bonds is 6. The third-order valence-electron chi connectivity index (χ3n) is 6.03. The highest BCUT2D eigenvalue weighted by molar-refractivity contribution is 5.83. The predicted molar refractivity (Wildman–Crippen MR) is 110 cm³/mol. The summed E-state index contributed by atoms with van der Waals surface area (Å²) in [6.07, 6.45) is 2.65. The predicted octanol–water partition coefficient (Wildman–Crippen LogP) is 3.51. The summed E-state index contributed by atoms with van der Waals surface area (Å²) >= 11 is 0. The van der Waals surface area contributed by atoms with Gasteiger partial charge in [0.05, 0.1) is 6.04 Å². The molecule has 28 heavy (non-hydrogen) atoms. The van der Waals surface area contributed by atoms with Crippen LogP contribution in [0.25, 0.3) is 0 Å². The summed E-state index contributed by atoms with van der Waals surface area (Å²) < 4.78 is 0. The molecule has 1 N–H and O–H groups in total. The summed E-state index contributed by atoms with van der Waals surface area (Å²) in [5, 5.41) is 3.08. The van der Waals surface area contributed by atoms with Gasteiger partial charge in [-0.3, -0.25) is 9.59 Å². The summed E-state index contributed by atoms with van der Waals surface area (Å²) in [4.78, 5) is 26.8. The molecule has 2 aromatic rings. The fourth-order valence-corrected chi connectivity index (χ4v) is 4.41. The Morgan fingerprint density at radius 3 is 2.68 bits per heavy atom. The smallest absolute Gasteiger partial charge is 0.225 e. The van der Waals surface area contributed by atoms with E-state index in [0.717, 1.165) is 12.8 Å². The molecule has 2 aliphatic rings. The van der Waals surface area contributed by atoms with Gasteiger partial charge in [0, 0.05) is 31.3 Å². The minimum atomic E-state index is -0.0591. The molecule has 4 nitrogen and oxygen atoms in total. The van der Waals surface area contributed by atoms with Crippen LogP contribution >= 0.6 is 0 Å². The summed E-state index contributed by atoms with van der Waals surface area (Å²) in [7, 11) is 0. The number of benzene rings is 2. The number of nitrogens with zero attached hydrogens (tertiary/aromatic N) is 1. The highest BCUT2D eigenvalue weighted by Crippen LogP contribution is 2.45. The van der Waals surface area contributed by atoms with Crippen LogP contribution in [0.1, 0.15) is 47.4 Å². The summed E-state index contributed by atoms with van der Waals surface area (Å²) in [6, 6.07) is 17.0. The molecule has 0 spiro atoms. The number of carbonyl (C=O) groups excluding carboxylic acids is 2. The Balaban J connectivity index is 1.27. The van der Waals surface area contributed by atoms with Crippen LogP contribution in [0.15, 0.2) is 48.5 Å². The van der Waals surface area contributed by atoms with Crippen molar-refractivity contribution >= 4 is 11.8 Å². The molecule has 2 fully saturated rings. The Kier molecular flexibility index (Phi) is 5.21. The normalized spacial score (nSPS) is 23.7. The number of aryl methyl sites for hydroxylation is 3. The summed E-state index contributed by atoms with van der Waals surface area (Å²) in [5.74, 6) is 0.655. The molecular formula is C24H28N2O2. The van der Waals surface area contributed by atoms with Crippen molar-refractivity contribution in [3.63, 3.8) is 0 Å². The number of carbonyl (C=O) groups is 2. The average Bonchev–Trinajstić information content (AvgIpc) is 3.38. The van der Waals surface area contributed by atoms with Gasteiger partial charge in [0.1, 0.15) is 0 Å². The van der Waals surface area contributed by atoms with Crippen molar-refractivity contribution in [2.24, 2.45) is 0 Å². The fourth-order valence-electron chi connectivity index (χ4n) is 4.41. The molecule has 3 atom stereocenters. The Bertz CT molecular complexity index is 877. The van der Waals surface area contributed by atoms with E-state index < -0.39 is 0 Å². The van der Waals surface area contributed by atoms with Gasteiger partial charge in [-0.05, 0) is 43.4 Å². The van der Waals surface area contributed by atoms with E-state index in [1.54, 1.807) is 0 Å². The van der Waals surface area contributed by atoms with Gasteiger partial charge in [0.15, 0.2) is 0 Å². The van der Waals surface area contributed by atoms with Crippen molar-refractivity contribution in [3.05, 3.63) is 70.8 Å². The molecule has 0 aromatic heterocycles. The summed E-state index contributed by atoms with van der Waals surface area (Å²) in [6.45, 7) is 4.81. The third-order valence-corrected chi connectivity index (χ3v) is 6.03. The van der Waals surface area contributed by atoms with Crippen LogP contribution in [0, 0.1) is 13.8 Å². The zero-order valence-electron chi connectivity index (χ0n) is 16.7. The Morgan fingerprint density at radius 2 is 1.93 bits per heavy atom. The van der Waals surface area contributed by atoms with Crippen LogP contribution in [0.2, 0.25) is 0 Å². The van der Waals surface area contributed by atoms with E-state index in [9.17, 15) is 9.59 Å². The van der Waals surface area contributed by atoms with Crippen molar-refractivity contribution < 1.29 is 9.59 Å². The molecule has 146 valence electrons. The maximum Gasteiger partial charge on any atom is 0.225 e. The van der Waals surface area contributed by atoms with Crippen molar-refractivity contribution in [2.75, 3.05) is 6.54 Å². The van der Waals surface area contributed by atoms with Gasteiger partial charge >= 0.3 is 0 Å². The average molecular weight is 377 g/mol. The minimum Gasteiger partial charge on any atom is -0.351 e. The quantitative estimate of drug-likeness (QED) is 0.839. The maximum absolute atomic E-state index is 12.5. The SMILES string of the molecule is Cc1ccc(CCC(=O)NC2CC(=O)N(C3CC3c3ccccc3)C2)c(C)c1. The van der Waals surface area contributed by atoms with Gasteiger partial charge in [-0.15, -0.1) is 0 Å². The van der Waals surface area contributed by atoms with Crippen molar-refractivity contribution in [2.45, 2.75) is 57.5 Å².